The van der Waals surface area contributed by atoms with Gasteiger partial charge in [-0.2, -0.15) is 0 Å². The number of Topliss-reactive ketones (excluding diaryl/α,β-unsaturated/α-hetero) is 1. The minimum atomic E-state index is 0.349. The van der Waals surface area contributed by atoms with Gasteiger partial charge in [-0.3, -0.25) is 4.79 Å². The molecule has 18 heavy (non-hydrogen) atoms. The maximum Gasteiger partial charge on any atom is 0.158 e. The molecule has 0 fully saturated rings. The Hall–Kier alpha value is -1.57. The van der Waals surface area contributed by atoms with Crippen LogP contribution >= 0.6 is 0 Å². The molecule has 1 aromatic rings. The van der Waals surface area contributed by atoms with E-state index >= 15 is 0 Å². The maximum absolute atomic E-state index is 11.9. The molecule has 0 spiro atoms. The van der Waals surface area contributed by atoms with E-state index in [-0.39, 0.29) is 0 Å². The van der Waals surface area contributed by atoms with Crippen LogP contribution in [-0.4, -0.2) is 12.9 Å². The first-order valence-electron chi connectivity index (χ1n) is 6.55. The van der Waals surface area contributed by atoms with Crippen molar-refractivity contribution in [3.8, 4) is 5.75 Å². The second-order valence-corrected chi connectivity index (χ2v) is 4.89. The average Bonchev–Trinajstić information content (AvgIpc) is 2.38. The van der Waals surface area contributed by atoms with E-state index in [1.165, 1.54) is 11.1 Å². The fraction of sp³-hybridized carbons (Fsp3) is 0.438. The van der Waals surface area contributed by atoms with E-state index < -0.39 is 0 Å². The number of aryl methyl sites for hydroxylation is 1. The lowest BCUT2D eigenvalue weighted by molar-refractivity contribution is -0.116. The molecule has 1 aliphatic carbocycles. The summed E-state index contributed by atoms with van der Waals surface area (Å²) in [6.45, 7) is 2.10. The molecule has 0 aromatic heterocycles. The van der Waals surface area contributed by atoms with Crippen LogP contribution in [-0.2, 0) is 11.2 Å². The van der Waals surface area contributed by atoms with E-state index in [0.717, 1.165) is 43.4 Å². The molecular weight excluding hydrogens is 224 g/mol. The zero-order chi connectivity index (χ0) is 13.0. The third-order valence-corrected chi connectivity index (χ3v) is 3.61. The van der Waals surface area contributed by atoms with E-state index in [2.05, 4.69) is 13.0 Å². The zero-order valence-corrected chi connectivity index (χ0v) is 11.2. The van der Waals surface area contributed by atoms with Crippen LogP contribution in [0.15, 0.2) is 35.4 Å². The molecule has 96 valence electrons. The second-order valence-electron chi connectivity index (χ2n) is 4.89. The number of hydrogen-bond acceptors (Lipinski definition) is 2. The van der Waals surface area contributed by atoms with Crippen LogP contribution in [0.5, 0.6) is 5.75 Å². The van der Waals surface area contributed by atoms with Gasteiger partial charge in [0.1, 0.15) is 5.75 Å². The molecule has 0 amide bonds. The Morgan fingerprint density at radius 2 is 2.06 bits per heavy atom. The smallest absolute Gasteiger partial charge is 0.158 e. The molecule has 0 atom stereocenters. The molecule has 0 bridgehead atoms. The quantitative estimate of drug-likeness (QED) is 0.807. The van der Waals surface area contributed by atoms with Gasteiger partial charge < -0.3 is 4.74 Å². The van der Waals surface area contributed by atoms with Crippen molar-refractivity contribution in [1.82, 2.24) is 0 Å². The second kappa shape index (κ2) is 5.85. The Labute approximate surface area is 109 Å². The molecule has 1 aromatic carbocycles. The third-order valence-electron chi connectivity index (χ3n) is 3.61. The SMILES string of the molecule is COc1cccc(CCC2=C(C)CCCC2=O)c1. The Morgan fingerprint density at radius 1 is 1.22 bits per heavy atom. The van der Waals surface area contributed by atoms with Crippen LogP contribution in [0.4, 0.5) is 0 Å². The number of carbonyl (C=O) groups excluding carboxylic acids is 1. The highest BCUT2D eigenvalue weighted by Gasteiger charge is 2.17. The van der Waals surface area contributed by atoms with Crippen LogP contribution in [0.25, 0.3) is 0 Å². The number of rotatable bonds is 4. The number of hydrogen-bond donors (Lipinski definition) is 0. The lowest BCUT2D eigenvalue weighted by Gasteiger charge is -2.16. The van der Waals surface area contributed by atoms with E-state index in [9.17, 15) is 4.79 Å². The summed E-state index contributed by atoms with van der Waals surface area (Å²) in [5.74, 6) is 1.23. The zero-order valence-electron chi connectivity index (χ0n) is 11.2. The minimum absolute atomic E-state index is 0.349. The van der Waals surface area contributed by atoms with Crippen LogP contribution in [0, 0.1) is 0 Å². The average molecular weight is 244 g/mol. The standard InChI is InChI=1S/C16H20O2/c1-12-5-3-8-16(17)15(12)10-9-13-6-4-7-14(11-13)18-2/h4,6-7,11H,3,5,8-10H2,1-2H3. The molecule has 2 heteroatoms. The maximum atomic E-state index is 11.9. The first-order valence-corrected chi connectivity index (χ1v) is 6.55. The lowest BCUT2D eigenvalue weighted by Crippen LogP contribution is -2.11. The van der Waals surface area contributed by atoms with Gasteiger partial charge in [-0.15, -0.1) is 0 Å². The van der Waals surface area contributed by atoms with Crippen molar-refractivity contribution in [2.45, 2.75) is 39.0 Å². The van der Waals surface area contributed by atoms with Gasteiger partial charge in [0, 0.05) is 6.42 Å². The predicted octanol–water partition coefficient (Wildman–Crippen LogP) is 3.70. The predicted molar refractivity (Wildman–Crippen MR) is 72.9 cm³/mol. The number of methoxy groups -OCH3 is 1. The van der Waals surface area contributed by atoms with Crippen LogP contribution < -0.4 is 4.74 Å². The highest BCUT2D eigenvalue weighted by molar-refractivity contribution is 5.96. The highest BCUT2D eigenvalue weighted by atomic mass is 16.5. The molecule has 1 aliphatic rings. The van der Waals surface area contributed by atoms with Gasteiger partial charge >= 0.3 is 0 Å². The van der Waals surface area contributed by atoms with E-state index in [1.54, 1.807) is 7.11 Å². The van der Waals surface area contributed by atoms with Gasteiger partial charge in [0.05, 0.1) is 7.11 Å². The summed E-state index contributed by atoms with van der Waals surface area (Å²) in [6, 6.07) is 8.08. The van der Waals surface area contributed by atoms with Crippen LogP contribution in [0.1, 0.15) is 38.2 Å². The number of ether oxygens (including phenoxy) is 1. The van der Waals surface area contributed by atoms with Crippen LogP contribution in [0.3, 0.4) is 0 Å². The summed E-state index contributed by atoms with van der Waals surface area (Å²) in [4.78, 5) is 11.9. The van der Waals surface area contributed by atoms with Gasteiger partial charge in [0.25, 0.3) is 0 Å². The lowest BCUT2D eigenvalue weighted by atomic mass is 9.88. The Balaban J connectivity index is 2.04. The molecule has 0 N–H and O–H groups in total. The number of ketones is 1. The van der Waals surface area contributed by atoms with Gasteiger partial charge in [-0.1, -0.05) is 17.7 Å². The van der Waals surface area contributed by atoms with Gasteiger partial charge in [-0.05, 0) is 55.9 Å². The molecule has 2 rings (SSSR count). The largest absolute Gasteiger partial charge is 0.497 e. The van der Waals surface area contributed by atoms with E-state index in [1.807, 2.05) is 18.2 Å². The number of carbonyl (C=O) groups is 1. The summed E-state index contributed by atoms with van der Waals surface area (Å²) in [5.41, 5.74) is 3.58. The topological polar surface area (TPSA) is 26.3 Å². The summed E-state index contributed by atoms with van der Waals surface area (Å²) >= 11 is 0. The number of allylic oxidation sites excluding steroid dienone is 2. The Bertz CT molecular complexity index is 472. The van der Waals surface area contributed by atoms with Crippen molar-refractivity contribution in [3.63, 3.8) is 0 Å². The third kappa shape index (κ3) is 3.00. The summed E-state index contributed by atoms with van der Waals surface area (Å²) in [6.07, 6.45) is 4.60. The van der Waals surface area contributed by atoms with Crippen molar-refractivity contribution in [2.75, 3.05) is 7.11 Å². The molecule has 0 radical (unpaired) electrons. The van der Waals surface area contributed by atoms with E-state index in [4.69, 9.17) is 4.74 Å². The van der Waals surface area contributed by atoms with Crippen molar-refractivity contribution < 1.29 is 9.53 Å². The molecule has 0 saturated carbocycles. The van der Waals surface area contributed by atoms with Crippen molar-refractivity contribution >= 4 is 5.78 Å². The van der Waals surface area contributed by atoms with Crippen molar-refractivity contribution in [3.05, 3.63) is 41.0 Å². The fourth-order valence-corrected chi connectivity index (χ4v) is 2.50. The summed E-state index contributed by atoms with van der Waals surface area (Å²) in [5, 5.41) is 0. The van der Waals surface area contributed by atoms with Crippen LogP contribution in [0.2, 0.25) is 0 Å². The fourth-order valence-electron chi connectivity index (χ4n) is 2.50. The molecule has 0 unspecified atom stereocenters. The summed E-state index contributed by atoms with van der Waals surface area (Å²) < 4.78 is 5.21. The van der Waals surface area contributed by atoms with Gasteiger partial charge in [0.15, 0.2) is 5.78 Å². The minimum Gasteiger partial charge on any atom is -0.497 e. The van der Waals surface area contributed by atoms with Crippen molar-refractivity contribution in [2.24, 2.45) is 0 Å². The highest BCUT2D eigenvalue weighted by Crippen LogP contribution is 2.25. The van der Waals surface area contributed by atoms with E-state index in [0.29, 0.717) is 5.78 Å². The molecule has 2 nitrogen and oxygen atoms in total. The number of benzene rings is 1. The first-order chi connectivity index (χ1) is 8.70. The molecule has 0 heterocycles. The van der Waals surface area contributed by atoms with Gasteiger partial charge in [-0.25, -0.2) is 0 Å². The Kier molecular flexibility index (Phi) is 4.19. The molecular formula is C16H20O2. The Morgan fingerprint density at radius 3 is 2.78 bits per heavy atom. The first kappa shape index (κ1) is 12.9. The normalized spacial score (nSPS) is 16.0. The molecule has 0 aliphatic heterocycles. The van der Waals surface area contributed by atoms with Gasteiger partial charge in [0.2, 0.25) is 0 Å². The summed E-state index contributed by atoms with van der Waals surface area (Å²) in [7, 11) is 1.68. The molecule has 0 saturated heterocycles. The van der Waals surface area contributed by atoms with Crippen molar-refractivity contribution in [1.29, 1.82) is 0 Å². The monoisotopic (exact) mass is 244 g/mol.